The van der Waals surface area contributed by atoms with Crippen LogP contribution in [0.4, 0.5) is 0 Å². The maximum Gasteiger partial charge on any atom is 0.233 e. The summed E-state index contributed by atoms with van der Waals surface area (Å²) in [7, 11) is -2.97. The van der Waals surface area contributed by atoms with Crippen molar-refractivity contribution in [1.82, 2.24) is 15.3 Å². The molecule has 0 aromatic carbocycles. The van der Waals surface area contributed by atoms with E-state index < -0.39 is 9.84 Å². The van der Waals surface area contributed by atoms with Crippen molar-refractivity contribution in [2.24, 2.45) is 0 Å². The van der Waals surface area contributed by atoms with Crippen LogP contribution in [0.1, 0.15) is 13.3 Å². The van der Waals surface area contributed by atoms with Crippen molar-refractivity contribution in [2.75, 3.05) is 11.5 Å². The van der Waals surface area contributed by atoms with Crippen LogP contribution >= 0.6 is 11.8 Å². The SMILES string of the molecule is CC(Sc1ncccn1)C(=O)NC1CCS(=O)(=O)C1. The Kier molecular flexibility index (Phi) is 4.41. The summed E-state index contributed by atoms with van der Waals surface area (Å²) in [6.07, 6.45) is 3.72. The van der Waals surface area contributed by atoms with E-state index >= 15 is 0 Å². The van der Waals surface area contributed by atoms with Crippen LogP contribution < -0.4 is 5.32 Å². The van der Waals surface area contributed by atoms with Gasteiger partial charge in [0.1, 0.15) is 0 Å². The maximum atomic E-state index is 11.9. The first-order valence-electron chi connectivity index (χ1n) is 5.91. The topological polar surface area (TPSA) is 89.0 Å². The number of carbonyl (C=O) groups is 1. The van der Waals surface area contributed by atoms with Gasteiger partial charge in [-0.2, -0.15) is 0 Å². The smallest absolute Gasteiger partial charge is 0.233 e. The molecule has 1 amide bonds. The molecule has 0 bridgehead atoms. The molecule has 1 N–H and O–H groups in total. The van der Waals surface area contributed by atoms with Gasteiger partial charge in [-0.05, 0) is 19.4 Å². The molecule has 0 radical (unpaired) electrons. The third kappa shape index (κ3) is 4.17. The Balaban J connectivity index is 1.86. The number of hydrogen-bond acceptors (Lipinski definition) is 6. The summed E-state index contributed by atoms with van der Waals surface area (Å²) in [5.74, 6) is 0.0127. The predicted molar refractivity (Wildman–Crippen MR) is 72.6 cm³/mol. The minimum atomic E-state index is -2.97. The van der Waals surface area contributed by atoms with E-state index in [4.69, 9.17) is 0 Å². The van der Waals surface area contributed by atoms with E-state index in [9.17, 15) is 13.2 Å². The van der Waals surface area contributed by atoms with E-state index in [0.29, 0.717) is 11.6 Å². The van der Waals surface area contributed by atoms with Crippen LogP contribution in [-0.4, -0.2) is 47.1 Å². The Morgan fingerprint density at radius 1 is 1.47 bits per heavy atom. The average molecular weight is 301 g/mol. The van der Waals surface area contributed by atoms with E-state index in [1.807, 2.05) is 0 Å². The molecule has 19 heavy (non-hydrogen) atoms. The Hall–Kier alpha value is -1.15. The van der Waals surface area contributed by atoms with Gasteiger partial charge in [0.15, 0.2) is 15.0 Å². The summed E-state index contributed by atoms with van der Waals surface area (Å²) in [6, 6.07) is 1.44. The lowest BCUT2D eigenvalue weighted by atomic mass is 10.2. The molecule has 1 aliphatic heterocycles. The summed E-state index contributed by atoms with van der Waals surface area (Å²) in [4.78, 5) is 20.0. The number of nitrogens with one attached hydrogen (secondary N) is 1. The van der Waals surface area contributed by atoms with Crippen LogP contribution in [0.3, 0.4) is 0 Å². The van der Waals surface area contributed by atoms with Gasteiger partial charge in [-0.3, -0.25) is 4.79 Å². The summed E-state index contributed by atoms with van der Waals surface area (Å²) in [5, 5.41) is 2.94. The predicted octanol–water partition coefficient (Wildman–Crippen LogP) is 0.260. The maximum absolute atomic E-state index is 11.9. The number of rotatable bonds is 4. The van der Waals surface area contributed by atoms with Gasteiger partial charge in [-0.1, -0.05) is 11.8 Å². The van der Waals surface area contributed by atoms with Gasteiger partial charge in [-0.15, -0.1) is 0 Å². The molecule has 1 fully saturated rings. The van der Waals surface area contributed by atoms with Gasteiger partial charge in [0, 0.05) is 18.4 Å². The lowest BCUT2D eigenvalue weighted by Gasteiger charge is -2.14. The van der Waals surface area contributed by atoms with E-state index in [1.165, 1.54) is 11.8 Å². The van der Waals surface area contributed by atoms with Crippen LogP contribution in [-0.2, 0) is 14.6 Å². The summed E-state index contributed by atoms with van der Waals surface area (Å²) >= 11 is 1.25. The molecular weight excluding hydrogens is 286 g/mol. The van der Waals surface area contributed by atoms with Crippen molar-refractivity contribution in [3.8, 4) is 0 Å². The van der Waals surface area contributed by atoms with E-state index in [0.717, 1.165) is 0 Å². The summed E-state index contributed by atoms with van der Waals surface area (Å²) < 4.78 is 22.6. The molecule has 1 aliphatic rings. The second kappa shape index (κ2) is 5.87. The van der Waals surface area contributed by atoms with Gasteiger partial charge in [0.2, 0.25) is 5.91 Å². The Morgan fingerprint density at radius 2 is 2.16 bits per heavy atom. The zero-order valence-electron chi connectivity index (χ0n) is 10.4. The van der Waals surface area contributed by atoms with Crippen LogP contribution in [0.5, 0.6) is 0 Å². The summed E-state index contributed by atoms with van der Waals surface area (Å²) in [5.41, 5.74) is 0. The second-order valence-electron chi connectivity index (χ2n) is 4.40. The first-order valence-corrected chi connectivity index (χ1v) is 8.61. The highest BCUT2D eigenvalue weighted by atomic mass is 32.2. The molecule has 1 aromatic rings. The number of hydrogen-bond donors (Lipinski definition) is 1. The fourth-order valence-corrected chi connectivity index (χ4v) is 4.19. The third-order valence-electron chi connectivity index (χ3n) is 2.77. The Bertz CT molecular complexity index is 548. The molecule has 1 aromatic heterocycles. The van der Waals surface area contributed by atoms with Crippen molar-refractivity contribution >= 4 is 27.5 Å². The number of sulfone groups is 1. The number of thioether (sulfide) groups is 1. The second-order valence-corrected chi connectivity index (χ2v) is 7.94. The normalized spacial score (nSPS) is 22.9. The highest BCUT2D eigenvalue weighted by molar-refractivity contribution is 8.00. The van der Waals surface area contributed by atoms with Crippen LogP contribution in [0.2, 0.25) is 0 Å². The van der Waals surface area contributed by atoms with Crippen molar-refractivity contribution in [2.45, 2.75) is 29.8 Å². The molecule has 8 heteroatoms. The fourth-order valence-electron chi connectivity index (χ4n) is 1.79. The van der Waals surface area contributed by atoms with Crippen LogP contribution in [0, 0.1) is 0 Å². The minimum Gasteiger partial charge on any atom is -0.351 e. The number of nitrogens with zero attached hydrogens (tertiary/aromatic N) is 2. The summed E-state index contributed by atoms with van der Waals surface area (Å²) in [6.45, 7) is 1.75. The van der Waals surface area contributed by atoms with Gasteiger partial charge in [0.25, 0.3) is 0 Å². The quantitative estimate of drug-likeness (QED) is 0.634. The average Bonchev–Trinajstić information content (AvgIpc) is 2.70. The minimum absolute atomic E-state index is 0.0396. The standard InChI is InChI=1S/C11H15N3O3S2/c1-8(18-11-12-4-2-5-13-11)10(15)14-9-3-6-19(16,17)7-9/h2,4-5,8-9H,3,6-7H2,1H3,(H,14,15). The van der Waals surface area contributed by atoms with Crippen molar-refractivity contribution in [3.05, 3.63) is 18.5 Å². The number of aromatic nitrogens is 2. The first kappa shape index (κ1) is 14.3. The van der Waals surface area contributed by atoms with Gasteiger partial charge < -0.3 is 5.32 Å². The van der Waals surface area contributed by atoms with Crippen molar-refractivity contribution in [3.63, 3.8) is 0 Å². The monoisotopic (exact) mass is 301 g/mol. The molecule has 1 saturated heterocycles. The highest BCUT2D eigenvalue weighted by Crippen LogP contribution is 2.19. The third-order valence-corrected chi connectivity index (χ3v) is 5.53. The molecule has 0 aliphatic carbocycles. The number of carbonyl (C=O) groups excluding carboxylic acids is 1. The van der Waals surface area contributed by atoms with Gasteiger partial charge in [-0.25, -0.2) is 18.4 Å². The fraction of sp³-hybridized carbons (Fsp3) is 0.545. The van der Waals surface area contributed by atoms with Crippen LogP contribution in [0.15, 0.2) is 23.6 Å². The van der Waals surface area contributed by atoms with Crippen LogP contribution in [0.25, 0.3) is 0 Å². The van der Waals surface area contributed by atoms with Gasteiger partial charge in [0.05, 0.1) is 16.8 Å². The molecule has 6 nitrogen and oxygen atoms in total. The zero-order valence-corrected chi connectivity index (χ0v) is 12.1. The Labute approximate surface area is 116 Å². The first-order chi connectivity index (χ1) is 8.96. The van der Waals surface area contributed by atoms with Gasteiger partial charge >= 0.3 is 0 Å². The molecule has 104 valence electrons. The Morgan fingerprint density at radius 3 is 2.74 bits per heavy atom. The molecular formula is C11H15N3O3S2. The van der Waals surface area contributed by atoms with E-state index in [1.54, 1.807) is 25.4 Å². The number of amides is 1. The largest absolute Gasteiger partial charge is 0.351 e. The van der Waals surface area contributed by atoms with E-state index in [2.05, 4.69) is 15.3 Å². The lowest BCUT2D eigenvalue weighted by molar-refractivity contribution is -0.120. The zero-order chi connectivity index (χ0) is 13.9. The molecule has 2 heterocycles. The van der Waals surface area contributed by atoms with Crippen molar-refractivity contribution < 1.29 is 13.2 Å². The molecule has 2 atom stereocenters. The molecule has 2 rings (SSSR count). The molecule has 0 spiro atoms. The van der Waals surface area contributed by atoms with Crippen molar-refractivity contribution in [1.29, 1.82) is 0 Å². The molecule has 0 saturated carbocycles. The molecule has 2 unspecified atom stereocenters. The lowest BCUT2D eigenvalue weighted by Crippen LogP contribution is -2.40. The van der Waals surface area contributed by atoms with E-state index in [-0.39, 0.29) is 28.7 Å². The highest BCUT2D eigenvalue weighted by Gasteiger charge is 2.30.